The number of halogens is 1. The second-order valence-corrected chi connectivity index (χ2v) is 5.70. The molecule has 0 spiro atoms. The van der Waals surface area contributed by atoms with Crippen LogP contribution in [0.5, 0.6) is 0 Å². The normalized spacial score (nSPS) is 12.8. The zero-order valence-corrected chi connectivity index (χ0v) is 12.8. The van der Waals surface area contributed by atoms with Gasteiger partial charge in [0, 0.05) is 12.3 Å². The fraction of sp³-hybridized carbons (Fsp3) is 0.500. The maximum atomic E-state index is 12.9. The van der Waals surface area contributed by atoms with Crippen molar-refractivity contribution < 1.29 is 8.91 Å². The van der Waals surface area contributed by atoms with E-state index in [4.69, 9.17) is 4.52 Å². The van der Waals surface area contributed by atoms with Gasteiger partial charge in [-0.2, -0.15) is 4.98 Å². The Hall–Kier alpha value is -1.75. The van der Waals surface area contributed by atoms with Crippen LogP contribution in [0.4, 0.5) is 4.39 Å². The molecule has 114 valence electrons. The van der Waals surface area contributed by atoms with E-state index in [-0.39, 0.29) is 11.7 Å². The van der Waals surface area contributed by atoms with E-state index < -0.39 is 0 Å². The van der Waals surface area contributed by atoms with E-state index in [1.807, 2.05) is 0 Å². The van der Waals surface area contributed by atoms with Gasteiger partial charge in [-0.1, -0.05) is 24.2 Å². The predicted octanol–water partition coefficient (Wildman–Crippen LogP) is 3.24. The predicted molar refractivity (Wildman–Crippen MR) is 79.7 cm³/mol. The molecule has 4 nitrogen and oxygen atoms in total. The van der Waals surface area contributed by atoms with Crippen LogP contribution < -0.4 is 0 Å². The monoisotopic (exact) mass is 291 g/mol. The van der Waals surface area contributed by atoms with Crippen LogP contribution in [0.3, 0.4) is 0 Å². The number of nitrogens with zero attached hydrogens (tertiary/aromatic N) is 3. The average molecular weight is 291 g/mol. The van der Waals surface area contributed by atoms with Crippen LogP contribution in [-0.4, -0.2) is 35.7 Å². The third kappa shape index (κ3) is 4.93. The van der Waals surface area contributed by atoms with Crippen molar-refractivity contribution in [2.24, 2.45) is 0 Å². The first kappa shape index (κ1) is 15.6. The molecule has 2 aromatic rings. The molecule has 0 aliphatic rings. The van der Waals surface area contributed by atoms with Crippen molar-refractivity contribution in [2.75, 3.05) is 20.6 Å². The van der Waals surface area contributed by atoms with Crippen molar-refractivity contribution in [1.29, 1.82) is 0 Å². The number of hydrogen-bond donors (Lipinski definition) is 0. The minimum absolute atomic E-state index is 0.234. The summed E-state index contributed by atoms with van der Waals surface area (Å²) in [5.74, 6) is 1.36. The van der Waals surface area contributed by atoms with Crippen LogP contribution in [0.25, 0.3) is 0 Å². The maximum absolute atomic E-state index is 12.9. The molecule has 0 amide bonds. The van der Waals surface area contributed by atoms with Gasteiger partial charge in [0.15, 0.2) is 5.82 Å². The summed E-state index contributed by atoms with van der Waals surface area (Å²) in [7, 11) is 4.14. The summed E-state index contributed by atoms with van der Waals surface area (Å²) in [5, 5.41) is 4.01. The molecular weight excluding hydrogens is 269 g/mol. The molecule has 0 N–H and O–H groups in total. The van der Waals surface area contributed by atoms with Crippen LogP contribution in [0.15, 0.2) is 28.8 Å². The Morgan fingerprint density at radius 1 is 1.24 bits per heavy atom. The molecule has 1 aromatic heterocycles. The Balaban J connectivity index is 1.89. The van der Waals surface area contributed by atoms with Crippen LogP contribution in [0.2, 0.25) is 0 Å². The van der Waals surface area contributed by atoms with Crippen LogP contribution in [0, 0.1) is 5.82 Å². The van der Waals surface area contributed by atoms with Crippen molar-refractivity contribution in [3.8, 4) is 0 Å². The van der Waals surface area contributed by atoms with Gasteiger partial charge in [-0.25, -0.2) is 4.39 Å². The van der Waals surface area contributed by atoms with Crippen molar-refractivity contribution >= 4 is 0 Å². The Kier molecular flexibility index (Phi) is 5.44. The summed E-state index contributed by atoms with van der Waals surface area (Å²) >= 11 is 0. The summed E-state index contributed by atoms with van der Waals surface area (Å²) < 4.78 is 18.2. The molecular formula is C16H22FN3O. The third-order valence-corrected chi connectivity index (χ3v) is 3.42. The van der Waals surface area contributed by atoms with Crippen molar-refractivity contribution in [3.05, 3.63) is 47.4 Å². The zero-order valence-electron chi connectivity index (χ0n) is 12.8. The Bertz CT molecular complexity index is 551. The van der Waals surface area contributed by atoms with Crippen molar-refractivity contribution in [1.82, 2.24) is 15.0 Å². The Morgan fingerprint density at radius 3 is 2.62 bits per heavy atom. The molecule has 1 atom stereocenters. The zero-order chi connectivity index (χ0) is 15.2. The molecule has 5 heteroatoms. The van der Waals surface area contributed by atoms with Gasteiger partial charge in [-0.15, -0.1) is 0 Å². The fourth-order valence-electron chi connectivity index (χ4n) is 2.16. The standard InChI is InChI=1S/C16H22FN3O/c1-12(5-4-10-20(2)3)16-18-15(19-21-16)11-13-6-8-14(17)9-7-13/h6-9,12H,4-5,10-11H2,1-3H3/t12-/m1/s1. The first-order valence-electron chi connectivity index (χ1n) is 7.26. The molecule has 0 fully saturated rings. The largest absolute Gasteiger partial charge is 0.339 e. The van der Waals surface area contributed by atoms with E-state index in [1.165, 1.54) is 12.1 Å². The second kappa shape index (κ2) is 7.31. The van der Waals surface area contributed by atoms with E-state index >= 15 is 0 Å². The lowest BCUT2D eigenvalue weighted by atomic mass is 10.1. The number of aromatic nitrogens is 2. The average Bonchev–Trinajstić information content (AvgIpc) is 2.89. The molecule has 0 aliphatic heterocycles. The third-order valence-electron chi connectivity index (χ3n) is 3.42. The quantitative estimate of drug-likeness (QED) is 0.785. The van der Waals surface area contributed by atoms with E-state index in [0.717, 1.165) is 24.9 Å². The Morgan fingerprint density at radius 2 is 1.95 bits per heavy atom. The summed E-state index contributed by atoms with van der Waals surface area (Å²) in [6, 6.07) is 6.37. The summed E-state index contributed by atoms with van der Waals surface area (Å²) in [5.41, 5.74) is 0.976. The molecule has 2 rings (SSSR count). The molecule has 0 bridgehead atoms. The number of benzene rings is 1. The fourth-order valence-corrected chi connectivity index (χ4v) is 2.16. The van der Waals surface area contributed by atoms with Gasteiger partial charge < -0.3 is 9.42 Å². The molecule has 0 saturated heterocycles. The van der Waals surface area contributed by atoms with Crippen LogP contribution >= 0.6 is 0 Å². The van der Waals surface area contributed by atoms with E-state index in [2.05, 4.69) is 36.1 Å². The maximum Gasteiger partial charge on any atom is 0.229 e. The van der Waals surface area contributed by atoms with E-state index in [9.17, 15) is 4.39 Å². The first-order valence-corrected chi connectivity index (χ1v) is 7.26. The SMILES string of the molecule is C[C@H](CCCN(C)C)c1nc(Cc2ccc(F)cc2)no1. The Labute approximate surface area is 125 Å². The lowest BCUT2D eigenvalue weighted by molar-refractivity contribution is 0.335. The van der Waals surface area contributed by atoms with Crippen molar-refractivity contribution in [3.63, 3.8) is 0 Å². The molecule has 1 heterocycles. The van der Waals surface area contributed by atoms with E-state index in [1.54, 1.807) is 12.1 Å². The number of rotatable bonds is 7. The highest BCUT2D eigenvalue weighted by Gasteiger charge is 2.14. The molecule has 0 radical (unpaired) electrons. The minimum atomic E-state index is -0.234. The molecule has 0 unspecified atom stereocenters. The van der Waals surface area contributed by atoms with Gasteiger partial charge in [0.1, 0.15) is 5.82 Å². The van der Waals surface area contributed by atoms with Gasteiger partial charge >= 0.3 is 0 Å². The van der Waals surface area contributed by atoms with E-state index in [0.29, 0.717) is 18.1 Å². The highest BCUT2D eigenvalue weighted by molar-refractivity contribution is 5.19. The molecule has 0 aliphatic carbocycles. The van der Waals surface area contributed by atoms with Crippen LogP contribution in [-0.2, 0) is 6.42 Å². The first-order chi connectivity index (χ1) is 10.0. The molecule has 0 saturated carbocycles. The lowest BCUT2D eigenvalue weighted by Gasteiger charge is -2.10. The number of hydrogen-bond acceptors (Lipinski definition) is 4. The smallest absolute Gasteiger partial charge is 0.229 e. The van der Waals surface area contributed by atoms with Gasteiger partial charge in [-0.05, 0) is 51.2 Å². The minimum Gasteiger partial charge on any atom is -0.339 e. The van der Waals surface area contributed by atoms with Gasteiger partial charge in [-0.3, -0.25) is 0 Å². The highest BCUT2D eigenvalue weighted by atomic mass is 19.1. The van der Waals surface area contributed by atoms with Gasteiger partial charge in [0.2, 0.25) is 5.89 Å². The summed E-state index contributed by atoms with van der Waals surface area (Å²) in [6.45, 7) is 3.16. The van der Waals surface area contributed by atoms with Crippen LogP contribution in [0.1, 0.15) is 43.0 Å². The topological polar surface area (TPSA) is 42.2 Å². The molecule has 1 aromatic carbocycles. The van der Waals surface area contributed by atoms with Gasteiger partial charge in [0.25, 0.3) is 0 Å². The van der Waals surface area contributed by atoms with Gasteiger partial charge in [0.05, 0.1) is 0 Å². The summed E-state index contributed by atoms with van der Waals surface area (Å²) in [4.78, 5) is 6.61. The second-order valence-electron chi connectivity index (χ2n) is 5.70. The summed E-state index contributed by atoms with van der Waals surface area (Å²) in [6.07, 6.45) is 2.69. The molecule has 21 heavy (non-hydrogen) atoms. The van der Waals surface area contributed by atoms with Crippen molar-refractivity contribution in [2.45, 2.75) is 32.1 Å². The lowest BCUT2D eigenvalue weighted by Crippen LogP contribution is -2.13. The highest BCUT2D eigenvalue weighted by Crippen LogP contribution is 2.19.